The molecule has 10 nitrogen and oxygen atoms in total. The molecule has 30 heavy (non-hydrogen) atoms. The lowest BCUT2D eigenvalue weighted by molar-refractivity contribution is -0.132. The Bertz CT molecular complexity index is 1090. The Kier molecular flexibility index (Phi) is 5.06. The van der Waals surface area contributed by atoms with E-state index in [2.05, 4.69) is 9.97 Å². The maximum Gasteiger partial charge on any atom is 0.239 e. The molecule has 0 unspecified atom stereocenters. The highest BCUT2D eigenvalue weighted by atomic mass is 32.2. The second-order valence-electron chi connectivity index (χ2n) is 7.07. The number of rotatable bonds is 5. The van der Waals surface area contributed by atoms with Crippen LogP contribution in [0.3, 0.4) is 0 Å². The molecule has 0 bridgehead atoms. The molecule has 2 fully saturated rings. The van der Waals surface area contributed by atoms with Crippen molar-refractivity contribution in [2.75, 3.05) is 24.6 Å². The fourth-order valence-corrected chi connectivity index (χ4v) is 7.50. The molecule has 4 rings (SSSR count). The zero-order valence-electron chi connectivity index (χ0n) is 15.7. The lowest BCUT2D eigenvalue weighted by Crippen LogP contribution is -2.39. The molecule has 2 aliphatic heterocycles. The molecule has 2 saturated heterocycles. The van der Waals surface area contributed by atoms with Crippen LogP contribution in [0.25, 0.3) is 0 Å². The van der Waals surface area contributed by atoms with Crippen molar-refractivity contribution in [1.29, 1.82) is 0 Å². The Balaban J connectivity index is 1.62. The summed E-state index contributed by atoms with van der Waals surface area (Å²) in [5.41, 5.74) is 0.681. The van der Waals surface area contributed by atoms with E-state index in [1.54, 1.807) is 24.3 Å². The van der Waals surface area contributed by atoms with E-state index >= 15 is 0 Å². The van der Waals surface area contributed by atoms with E-state index in [9.17, 15) is 26.4 Å². The maximum atomic E-state index is 12.6. The minimum Gasteiger partial charge on any atom is -0.319 e. The quantitative estimate of drug-likeness (QED) is 0.605. The van der Waals surface area contributed by atoms with Gasteiger partial charge in [0.25, 0.3) is 0 Å². The van der Waals surface area contributed by atoms with Gasteiger partial charge in [0.15, 0.2) is 30.4 Å². The summed E-state index contributed by atoms with van der Waals surface area (Å²) in [7, 11) is -7.56. The zero-order valence-corrected chi connectivity index (χ0v) is 17.3. The standard InChI is InChI=1S/C18H18N4O6S2/c23-15-11-29(25,26)17(13-3-1-5-19-9-13)21(15)7-8-22-16(24)12-30(27,28)18(22)14-4-2-6-20-10-14/h1-6,9-10,17-18H,7-8,11-12H2/t17-,18-/m0/s1. The smallest absolute Gasteiger partial charge is 0.239 e. The van der Waals surface area contributed by atoms with Gasteiger partial charge in [0, 0.05) is 49.0 Å². The molecular formula is C18H18N4O6S2. The number of hydrogen-bond donors (Lipinski definition) is 0. The lowest BCUT2D eigenvalue weighted by Gasteiger charge is -2.28. The topological polar surface area (TPSA) is 135 Å². The van der Waals surface area contributed by atoms with Crippen molar-refractivity contribution in [1.82, 2.24) is 19.8 Å². The van der Waals surface area contributed by atoms with Crippen molar-refractivity contribution in [3.63, 3.8) is 0 Å². The lowest BCUT2D eigenvalue weighted by atomic mass is 10.2. The summed E-state index contributed by atoms with van der Waals surface area (Å²) in [4.78, 5) is 35.0. The van der Waals surface area contributed by atoms with E-state index in [1.807, 2.05) is 0 Å². The Hall–Kier alpha value is -2.86. The highest BCUT2D eigenvalue weighted by molar-refractivity contribution is 7.93. The van der Waals surface area contributed by atoms with E-state index in [0.29, 0.717) is 11.1 Å². The summed E-state index contributed by atoms with van der Waals surface area (Å²) in [6.45, 7) is -0.259. The summed E-state index contributed by atoms with van der Waals surface area (Å²) < 4.78 is 50.2. The number of aromatic nitrogens is 2. The largest absolute Gasteiger partial charge is 0.319 e. The number of carbonyl (C=O) groups is 2. The molecule has 4 heterocycles. The van der Waals surface area contributed by atoms with Crippen molar-refractivity contribution in [3.8, 4) is 0 Å². The first-order valence-electron chi connectivity index (χ1n) is 9.03. The van der Waals surface area contributed by atoms with Crippen LogP contribution in [0.2, 0.25) is 0 Å². The van der Waals surface area contributed by atoms with Gasteiger partial charge in [-0.1, -0.05) is 12.1 Å². The SMILES string of the molecule is O=C1CS(=O)(=O)[C@@H](c2cccnc2)N1CCN1C(=O)CS(=O)(=O)[C@H]1c1cccnc1. The molecule has 2 aromatic heterocycles. The number of sulfone groups is 2. The van der Waals surface area contributed by atoms with Crippen LogP contribution in [0.5, 0.6) is 0 Å². The van der Waals surface area contributed by atoms with Crippen molar-refractivity contribution in [2.45, 2.75) is 10.7 Å². The van der Waals surface area contributed by atoms with Crippen LogP contribution in [0.4, 0.5) is 0 Å². The summed E-state index contributed by atoms with van der Waals surface area (Å²) in [6, 6.07) is 6.26. The average molecular weight is 450 g/mol. The van der Waals surface area contributed by atoms with Gasteiger partial charge in [-0.25, -0.2) is 16.8 Å². The Morgan fingerprint density at radius 3 is 1.50 bits per heavy atom. The van der Waals surface area contributed by atoms with Crippen LogP contribution in [0.1, 0.15) is 21.9 Å². The summed E-state index contributed by atoms with van der Waals surface area (Å²) >= 11 is 0. The molecule has 0 saturated carbocycles. The first-order chi connectivity index (χ1) is 14.2. The van der Waals surface area contributed by atoms with Crippen LogP contribution in [0, 0.1) is 0 Å². The minimum absolute atomic E-state index is 0.129. The third-order valence-electron chi connectivity index (χ3n) is 5.06. The monoisotopic (exact) mass is 450 g/mol. The summed E-state index contributed by atoms with van der Waals surface area (Å²) in [5, 5.41) is -2.44. The first-order valence-corrected chi connectivity index (χ1v) is 12.5. The van der Waals surface area contributed by atoms with E-state index in [1.165, 1.54) is 24.8 Å². The molecule has 2 aliphatic rings. The summed E-state index contributed by atoms with van der Waals surface area (Å²) in [6.07, 6.45) is 5.72. The van der Waals surface area contributed by atoms with Crippen molar-refractivity contribution in [3.05, 3.63) is 60.2 Å². The Morgan fingerprint density at radius 1 is 0.767 bits per heavy atom. The van der Waals surface area contributed by atoms with Crippen LogP contribution >= 0.6 is 0 Å². The number of carbonyl (C=O) groups excluding carboxylic acids is 2. The highest BCUT2D eigenvalue weighted by Crippen LogP contribution is 2.35. The number of nitrogens with zero attached hydrogens (tertiary/aromatic N) is 4. The molecule has 0 spiro atoms. The Morgan fingerprint density at radius 2 is 1.17 bits per heavy atom. The fourth-order valence-electron chi connectivity index (χ4n) is 3.84. The number of pyridine rings is 2. The van der Waals surface area contributed by atoms with Crippen LogP contribution in [-0.4, -0.2) is 73.0 Å². The van der Waals surface area contributed by atoms with E-state index in [4.69, 9.17) is 0 Å². The van der Waals surface area contributed by atoms with Crippen LogP contribution in [0.15, 0.2) is 49.1 Å². The van der Waals surface area contributed by atoms with Crippen LogP contribution in [-0.2, 0) is 29.3 Å². The zero-order chi connectivity index (χ0) is 21.5. The van der Waals surface area contributed by atoms with Crippen molar-refractivity contribution >= 4 is 31.5 Å². The number of amides is 2. The van der Waals surface area contributed by atoms with E-state index in [-0.39, 0.29) is 13.1 Å². The second kappa shape index (κ2) is 7.43. The van der Waals surface area contributed by atoms with Gasteiger partial charge in [-0.3, -0.25) is 19.6 Å². The maximum absolute atomic E-state index is 12.6. The van der Waals surface area contributed by atoms with Crippen molar-refractivity contribution in [2.24, 2.45) is 0 Å². The van der Waals surface area contributed by atoms with Crippen molar-refractivity contribution < 1.29 is 26.4 Å². The molecule has 0 aromatic carbocycles. The average Bonchev–Trinajstić information content (AvgIpc) is 3.07. The molecule has 0 N–H and O–H groups in total. The Labute approximate surface area is 173 Å². The normalized spacial score (nSPS) is 25.1. The van der Waals surface area contributed by atoms with Gasteiger partial charge in [-0.15, -0.1) is 0 Å². The van der Waals surface area contributed by atoms with Gasteiger partial charge in [0.05, 0.1) is 0 Å². The van der Waals surface area contributed by atoms with E-state index in [0.717, 1.165) is 9.80 Å². The molecule has 12 heteroatoms. The molecule has 2 atom stereocenters. The molecule has 0 aliphatic carbocycles. The predicted octanol–water partition coefficient (Wildman–Crippen LogP) is -0.312. The molecule has 158 valence electrons. The second-order valence-corrected chi connectivity index (χ2v) is 11.2. The van der Waals surface area contributed by atoms with Gasteiger partial charge in [-0.05, 0) is 12.1 Å². The fraction of sp³-hybridized carbons (Fsp3) is 0.333. The van der Waals surface area contributed by atoms with Gasteiger partial charge in [0.1, 0.15) is 11.5 Å². The van der Waals surface area contributed by atoms with Gasteiger partial charge in [0.2, 0.25) is 11.8 Å². The molecular weight excluding hydrogens is 432 g/mol. The number of hydrogen-bond acceptors (Lipinski definition) is 8. The van der Waals surface area contributed by atoms with E-state index < -0.39 is 53.7 Å². The molecule has 0 radical (unpaired) electrons. The minimum atomic E-state index is -3.78. The third-order valence-corrected chi connectivity index (χ3v) is 8.77. The predicted molar refractivity (Wildman–Crippen MR) is 105 cm³/mol. The van der Waals surface area contributed by atoms with Crippen LogP contribution < -0.4 is 0 Å². The first kappa shape index (κ1) is 20.4. The van der Waals surface area contributed by atoms with Gasteiger partial charge < -0.3 is 9.80 Å². The third kappa shape index (κ3) is 3.56. The highest BCUT2D eigenvalue weighted by Gasteiger charge is 2.48. The summed E-state index contributed by atoms with van der Waals surface area (Å²) in [5.74, 6) is -2.50. The van der Waals surface area contributed by atoms with Gasteiger partial charge >= 0.3 is 0 Å². The van der Waals surface area contributed by atoms with Gasteiger partial charge in [-0.2, -0.15) is 0 Å². The molecule has 2 amide bonds. The molecule has 2 aromatic rings.